The molecule has 0 atom stereocenters. The number of aliphatic hydroxyl groups excluding tert-OH is 1. The summed E-state index contributed by atoms with van der Waals surface area (Å²) in [4.78, 5) is 6.16. The number of hydrogen-bond donors (Lipinski definition) is 2. The van der Waals surface area contributed by atoms with Crippen LogP contribution < -0.4 is 10.2 Å². The summed E-state index contributed by atoms with van der Waals surface area (Å²) in [6.07, 6.45) is 6.13. The van der Waals surface area contributed by atoms with E-state index in [2.05, 4.69) is 20.6 Å². The van der Waals surface area contributed by atoms with Gasteiger partial charge in [0.15, 0.2) is 0 Å². The first-order valence-corrected chi connectivity index (χ1v) is 6.56. The van der Waals surface area contributed by atoms with Gasteiger partial charge in [-0.3, -0.25) is 9.67 Å². The molecule has 0 aromatic carbocycles. The van der Waals surface area contributed by atoms with E-state index in [-0.39, 0.29) is 6.61 Å². The molecule has 0 aliphatic carbocycles. The van der Waals surface area contributed by atoms with Gasteiger partial charge in [0.05, 0.1) is 30.3 Å². The van der Waals surface area contributed by atoms with Gasteiger partial charge in [0.2, 0.25) is 0 Å². The van der Waals surface area contributed by atoms with Gasteiger partial charge < -0.3 is 15.3 Å². The molecule has 2 aromatic heterocycles. The number of aliphatic hydroxyl groups is 1. The predicted molar refractivity (Wildman–Crippen MR) is 77.6 cm³/mol. The van der Waals surface area contributed by atoms with E-state index < -0.39 is 0 Å². The molecule has 2 heterocycles. The minimum Gasteiger partial charge on any atom is -0.396 e. The second-order valence-electron chi connectivity index (χ2n) is 4.69. The van der Waals surface area contributed by atoms with E-state index in [1.165, 1.54) is 0 Å². The molecule has 20 heavy (non-hydrogen) atoms. The summed E-state index contributed by atoms with van der Waals surface area (Å²) in [5.41, 5.74) is 2.89. The van der Waals surface area contributed by atoms with E-state index in [0.717, 1.165) is 17.1 Å². The van der Waals surface area contributed by atoms with E-state index in [0.29, 0.717) is 19.5 Å². The molecule has 2 N–H and O–H groups in total. The van der Waals surface area contributed by atoms with Crippen molar-refractivity contribution in [2.24, 2.45) is 0 Å². The van der Waals surface area contributed by atoms with Gasteiger partial charge in [0.1, 0.15) is 5.69 Å². The van der Waals surface area contributed by atoms with E-state index >= 15 is 0 Å². The topological polar surface area (TPSA) is 79.1 Å². The van der Waals surface area contributed by atoms with Crippen LogP contribution in [0.4, 0.5) is 11.4 Å². The quantitative estimate of drug-likeness (QED) is 0.776. The first-order chi connectivity index (χ1) is 9.70. The van der Waals surface area contributed by atoms with Crippen LogP contribution in [-0.4, -0.2) is 45.8 Å². The molecule has 0 fully saturated rings. The average molecular weight is 276 g/mol. The third kappa shape index (κ3) is 3.67. The summed E-state index contributed by atoms with van der Waals surface area (Å²) in [5.74, 6) is 0. The van der Waals surface area contributed by atoms with Gasteiger partial charge in [-0.1, -0.05) is 5.21 Å². The lowest BCUT2D eigenvalue weighted by molar-refractivity contribution is 0.276. The van der Waals surface area contributed by atoms with Crippen molar-refractivity contribution in [2.45, 2.75) is 19.5 Å². The standard InChI is InChI=1S/C13H20N6O/c1-18(2)13-4-5-14-9-12(13)15-8-11-10-19(17-16-11)6-3-7-20/h4-5,9-10,15,20H,3,6-8H2,1-2H3. The van der Waals surface area contributed by atoms with Crippen molar-refractivity contribution in [2.75, 3.05) is 30.9 Å². The number of pyridine rings is 1. The molecule has 0 aliphatic heterocycles. The van der Waals surface area contributed by atoms with Gasteiger partial charge in [-0.25, -0.2) is 0 Å². The highest BCUT2D eigenvalue weighted by atomic mass is 16.3. The van der Waals surface area contributed by atoms with Crippen LogP contribution in [0.5, 0.6) is 0 Å². The molecule has 2 aromatic rings. The van der Waals surface area contributed by atoms with Crippen LogP contribution >= 0.6 is 0 Å². The van der Waals surface area contributed by atoms with Gasteiger partial charge in [-0.05, 0) is 12.5 Å². The van der Waals surface area contributed by atoms with Crippen molar-refractivity contribution < 1.29 is 5.11 Å². The highest BCUT2D eigenvalue weighted by Crippen LogP contribution is 2.22. The zero-order valence-corrected chi connectivity index (χ0v) is 11.8. The second-order valence-corrected chi connectivity index (χ2v) is 4.69. The lowest BCUT2D eigenvalue weighted by Crippen LogP contribution is -2.12. The van der Waals surface area contributed by atoms with Crippen molar-refractivity contribution in [3.8, 4) is 0 Å². The van der Waals surface area contributed by atoms with Gasteiger partial charge in [-0.2, -0.15) is 0 Å². The van der Waals surface area contributed by atoms with Gasteiger partial charge in [-0.15, -0.1) is 5.10 Å². The number of aryl methyl sites for hydroxylation is 1. The summed E-state index contributed by atoms with van der Waals surface area (Å²) >= 11 is 0. The molecule has 0 spiro atoms. The fraction of sp³-hybridized carbons (Fsp3) is 0.462. The Morgan fingerprint density at radius 2 is 2.25 bits per heavy atom. The Labute approximate surface area is 118 Å². The maximum absolute atomic E-state index is 8.78. The third-order valence-electron chi connectivity index (χ3n) is 2.87. The molecule has 0 aliphatic rings. The smallest absolute Gasteiger partial charge is 0.102 e. The Morgan fingerprint density at radius 1 is 1.40 bits per heavy atom. The van der Waals surface area contributed by atoms with Gasteiger partial charge in [0.25, 0.3) is 0 Å². The van der Waals surface area contributed by atoms with Crippen molar-refractivity contribution in [1.29, 1.82) is 0 Å². The number of hydrogen-bond acceptors (Lipinski definition) is 6. The van der Waals surface area contributed by atoms with Crippen LogP contribution in [-0.2, 0) is 13.1 Å². The first kappa shape index (κ1) is 14.3. The Kier molecular flexibility index (Phi) is 4.89. The zero-order chi connectivity index (χ0) is 14.4. The largest absolute Gasteiger partial charge is 0.396 e. The normalized spacial score (nSPS) is 10.6. The Morgan fingerprint density at radius 3 is 3.00 bits per heavy atom. The minimum absolute atomic E-state index is 0.162. The first-order valence-electron chi connectivity index (χ1n) is 6.56. The number of nitrogens with zero attached hydrogens (tertiary/aromatic N) is 5. The fourth-order valence-corrected chi connectivity index (χ4v) is 1.86. The van der Waals surface area contributed by atoms with Crippen LogP contribution in [0.3, 0.4) is 0 Å². The SMILES string of the molecule is CN(C)c1ccncc1NCc1cn(CCCO)nn1. The second kappa shape index (κ2) is 6.85. The summed E-state index contributed by atoms with van der Waals surface area (Å²) < 4.78 is 1.74. The average Bonchev–Trinajstić information content (AvgIpc) is 2.91. The Hall–Kier alpha value is -2.15. The summed E-state index contributed by atoms with van der Waals surface area (Å²) in [5, 5.41) is 20.2. The van der Waals surface area contributed by atoms with Gasteiger partial charge >= 0.3 is 0 Å². The number of nitrogens with one attached hydrogen (secondary N) is 1. The monoisotopic (exact) mass is 276 g/mol. The van der Waals surface area contributed by atoms with E-state index in [1.54, 1.807) is 17.1 Å². The summed E-state index contributed by atoms with van der Waals surface area (Å²) in [6.45, 7) is 1.43. The molecule has 2 rings (SSSR count). The van der Waals surface area contributed by atoms with Crippen LogP contribution in [0.25, 0.3) is 0 Å². The number of anilines is 2. The van der Waals surface area contributed by atoms with Crippen LogP contribution in [0.15, 0.2) is 24.7 Å². The minimum atomic E-state index is 0.162. The Balaban J connectivity index is 1.96. The summed E-state index contributed by atoms with van der Waals surface area (Å²) in [7, 11) is 3.98. The molecule has 0 saturated carbocycles. The van der Waals surface area contributed by atoms with Gasteiger partial charge in [0, 0.05) is 33.4 Å². The Bertz CT molecular complexity index is 539. The van der Waals surface area contributed by atoms with Crippen LogP contribution in [0.2, 0.25) is 0 Å². The molecular weight excluding hydrogens is 256 g/mol. The van der Waals surface area contributed by atoms with E-state index in [9.17, 15) is 0 Å². The van der Waals surface area contributed by atoms with Crippen molar-refractivity contribution >= 4 is 11.4 Å². The zero-order valence-electron chi connectivity index (χ0n) is 11.8. The highest BCUT2D eigenvalue weighted by Gasteiger charge is 2.05. The van der Waals surface area contributed by atoms with Crippen molar-refractivity contribution in [3.63, 3.8) is 0 Å². The summed E-state index contributed by atoms with van der Waals surface area (Å²) in [6, 6.07) is 1.96. The van der Waals surface area contributed by atoms with Crippen LogP contribution in [0, 0.1) is 0 Å². The maximum atomic E-state index is 8.78. The molecule has 0 unspecified atom stereocenters. The number of rotatable bonds is 7. The number of aromatic nitrogens is 4. The predicted octanol–water partition coefficient (Wildman–Crippen LogP) is 0.734. The lowest BCUT2D eigenvalue weighted by Gasteiger charge is -2.17. The fourth-order valence-electron chi connectivity index (χ4n) is 1.86. The maximum Gasteiger partial charge on any atom is 0.102 e. The third-order valence-corrected chi connectivity index (χ3v) is 2.87. The molecule has 108 valence electrons. The van der Waals surface area contributed by atoms with Crippen molar-refractivity contribution in [3.05, 3.63) is 30.4 Å². The molecule has 0 radical (unpaired) electrons. The molecule has 7 heteroatoms. The van der Waals surface area contributed by atoms with Crippen LogP contribution in [0.1, 0.15) is 12.1 Å². The molecule has 0 bridgehead atoms. The molecule has 0 saturated heterocycles. The highest BCUT2D eigenvalue weighted by molar-refractivity contribution is 5.67. The molecule has 0 amide bonds. The molecular formula is C13H20N6O. The lowest BCUT2D eigenvalue weighted by atomic mass is 10.3. The van der Waals surface area contributed by atoms with Crippen molar-refractivity contribution in [1.82, 2.24) is 20.0 Å². The van der Waals surface area contributed by atoms with E-state index in [4.69, 9.17) is 5.11 Å². The van der Waals surface area contributed by atoms with E-state index in [1.807, 2.05) is 31.3 Å². The molecule has 7 nitrogen and oxygen atoms in total.